The van der Waals surface area contributed by atoms with Gasteiger partial charge in [-0.1, -0.05) is 17.8 Å². The van der Waals surface area contributed by atoms with Crippen LogP contribution >= 0.6 is 36.6 Å². The van der Waals surface area contributed by atoms with Crippen LogP contribution in [0.1, 0.15) is 18.5 Å². The maximum atomic E-state index is 12.0. The number of piperidine rings is 1. The number of nitrogens with one attached hydrogen (secondary N) is 2. The Morgan fingerprint density at radius 3 is 2.96 bits per heavy atom. The van der Waals surface area contributed by atoms with Crippen molar-refractivity contribution in [2.45, 2.75) is 17.9 Å². The van der Waals surface area contributed by atoms with Gasteiger partial charge in [0.1, 0.15) is 5.65 Å². The molecule has 0 aromatic carbocycles. The minimum absolute atomic E-state index is 0. The van der Waals surface area contributed by atoms with Gasteiger partial charge < -0.3 is 10.6 Å². The summed E-state index contributed by atoms with van der Waals surface area (Å²) in [7, 11) is 0. The summed E-state index contributed by atoms with van der Waals surface area (Å²) in [5.41, 5.74) is 2.00. The van der Waals surface area contributed by atoms with E-state index in [1.165, 1.54) is 0 Å². The van der Waals surface area contributed by atoms with E-state index in [9.17, 15) is 4.79 Å². The number of carbonyl (C=O) groups excluding carboxylic acids is 1. The molecular weight excluding hydrogens is 391 g/mol. The van der Waals surface area contributed by atoms with E-state index in [0.717, 1.165) is 53.7 Å². The fraction of sp³-hybridized carbons (Fsp3) is 0.333. The third-order valence-corrected chi connectivity index (χ3v) is 5.47. The van der Waals surface area contributed by atoms with E-state index in [1.807, 2.05) is 24.4 Å². The molecule has 2 N–H and O–H groups in total. The van der Waals surface area contributed by atoms with Gasteiger partial charge in [0.05, 0.1) is 16.9 Å². The average molecular weight is 413 g/mol. The number of amides is 1. The van der Waals surface area contributed by atoms with Crippen LogP contribution in [-0.2, 0) is 4.79 Å². The lowest BCUT2D eigenvalue weighted by Crippen LogP contribution is -2.35. The maximum Gasteiger partial charge on any atom is 0.244 e. The molecule has 0 unspecified atom stereocenters. The van der Waals surface area contributed by atoms with Gasteiger partial charge in [0.2, 0.25) is 5.91 Å². The largest absolute Gasteiger partial charge is 0.352 e. The van der Waals surface area contributed by atoms with Gasteiger partial charge in [-0.3, -0.25) is 9.20 Å². The first-order chi connectivity index (χ1) is 11.8. The van der Waals surface area contributed by atoms with Gasteiger partial charge >= 0.3 is 0 Å². The fourth-order valence-electron chi connectivity index (χ4n) is 3.14. The summed E-state index contributed by atoms with van der Waals surface area (Å²) in [5.74, 6) is 0.575. The van der Waals surface area contributed by atoms with Crippen molar-refractivity contribution in [2.75, 3.05) is 19.6 Å². The molecule has 4 rings (SSSR count). The fourth-order valence-corrected chi connectivity index (χ4v) is 4.13. The van der Waals surface area contributed by atoms with Gasteiger partial charge in [-0.25, -0.2) is 4.98 Å². The van der Waals surface area contributed by atoms with Crippen molar-refractivity contribution in [3.63, 3.8) is 0 Å². The normalized spacial score (nSPS) is 16.7. The summed E-state index contributed by atoms with van der Waals surface area (Å²) in [4.78, 5) is 17.5. The van der Waals surface area contributed by atoms with Crippen molar-refractivity contribution < 1.29 is 4.79 Å². The number of rotatable bonds is 4. The molecule has 1 amide bonds. The Labute approximate surface area is 169 Å². The van der Waals surface area contributed by atoms with Crippen LogP contribution in [0, 0.1) is 5.92 Å². The van der Waals surface area contributed by atoms with Crippen LogP contribution in [0.5, 0.6) is 0 Å². The van der Waals surface area contributed by atoms with E-state index in [-0.39, 0.29) is 30.7 Å². The first kappa shape index (κ1) is 20.8. The van der Waals surface area contributed by atoms with Crippen molar-refractivity contribution in [1.29, 1.82) is 0 Å². The standard InChI is InChI=1S/C18H20N4OS.2ClH/c23-17(21-11-13-6-8-19-9-7-13)5-4-15-10-14-12-20-16-2-1-3-18(24-15)22(14)16;;/h1-5,10,12-13,19H,6-9,11H2,(H,21,23);2*1H. The molecule has 2 aliphatic rings. The van der Waals surface area contributed by atoms with Crippen LogP contribution in [-0.4, -0.2) is 34.9 Å². The van der Waals surface area contributed by atoms with Crippen molar-refractivity contribution >= 4 is 54.2 Å². The molecule has 140 valence electrons. The number of carbonyl (C=O) groups is 1. The van der Waals surface area contributed by atoms with Crippen LogP contribution < -0.4 is 10.6 Å². The number of allylic oxidation sites excluding steroid dienone is 1. The van der Waals surface area contributed by atoms with E-state index in [2.05, 4.69) is 32.2 Å². The zero-order valence-corrected chi connectivity index (χ0v) is 16.6. The monoisotopic (exact) mass is 412 g/mol. The summed E-state index contributed by atoms with van der Waals surface area (Å²) in [5, 5.41) is 7.48. The number of nitrogens with zero attached hydrogens (tertiary/aromatic N) is 2. The van der Waals surface area contributed by atoms with Gasteiger partial charge in [-0.15, -0.1) is 24.8 Å². The molecule has 2 aromatic heterocycles. The van der Waals surface area contributed by atoms with Crippen LogP contribution in [0.4, 0.5) is 0 Å². The highest BCUT2D eigenvalue weighted by atomic mass is 35.5. The number of hydrogen-bond acceptors (Lipinski definition) is 4. The molecule has 8 heteroatoms. The molecule has 0 bridgehead atoms. The Hall–Kier alpha value is -1.47. The lowest BCUT2D eigenvalue weighted by atomic mass is 9.98. The second kappa shape index (κ2) is 9.46. The summed E-state index contributed by atoms with van der Waals surface area (Å²) in [6, 6.07) is 6.07. The Morgan fingerprint density at radius 1 is 1.35 bits per heavy atom. The zero-order chi connectivity index (χ0) is 16.4. The van der Waals surface area contributed by atoms with E-state index < -0.39 is 0 Å². The topological polar surface area (TPSA) is 58.4 Å². The molecule has 5 nitrogen and oxygen atoms in total. The van der Waals surface area contributed by atoms with Gasteiger partial charge in [-0.2, -0.15) is 0 Å². The van der Waals surface area contributed by atoms with Gasteiger partial charge in [0.15, 0.2) is 0 Å². The van der Waals surface area contributed by atoms with E-state index in [4.69, 9.17) is 0 Å². The first-order valence-electron chi connectivity index (χ1n) is 8.32. The zero-order valence-electron chi connectivity index (χ0n) is 14.2. The third kappa shape index (κ3) is 4.62. The van der Waals surface area contributed by atoms with Crippen LogP contribution in [0.3, 0.4) is 0 Å². The Kier molecular flexibility index (Phi) is 7.58. The third-order valence-electron chi connectivity index (χ3n) is 4.46. The highest BCUT2D eigenvalue weighted by Crippen LogP contribution is 2.34. The number of hydrogen-bond donors (Lipinski definition) is 2. The Morgan fingerprint density at radius 2 is 2.15 bits per heavy atom. The smallest absolute Gasteiger partial charge is 0.244 e. The quantitative estimate of drug-likeness (QED) is 0.756. The van der Waals surface area contributed by atoms with E-state index in [1.54, 1.807) is 17.8 Å². The molecule has 2 aliphatic heterocycles. The van der Waals surface area contributed by atoms with Crippen molar-refractivity contribution in [1.82, 2.24) is 20.0 Å². The van der Waals surface area contributed by atoms with Crippen molar-refractivity contribution in [2.24, 2.45) is 5.92 Å². The number of thioether (sulfide) groups is 1. The average Bonchev–Trinajstić information content (AvgIpc) is 3.04. The molecular formula is C18H22Cl2N4OS. The lowest BCUT2D eigenvalue weighted by molar-refractivity contribution is -0.116. The molecule has 1 fully saturated rings. The molecule has 0 saturated carbocycles. The maximum absolute atomic E-state index is 12.0. The van der Waals surface area contributed by atoms with E-state index >= 15 is 0 Å². The molecule has 0 atom stereocenters. The molecule has 1 saturated heterocycles. The van der Waals surface area contributed by atoms with Gasteiger partial charge in [0, 0.05) is 17.5 Å². The van der Waals surface area contributed by atoms with Crippen LogP contribution in [0.15, 0.2) is 46.5 Å². The summed E-state index contributed by atoms with van der Waals surface area (Å²) >= 11 is 1.65. The highest BCUT2D eigenvalue weighted by molar-refractivity contribution is 8.03. The number of imidazole rings is 1. The van der Waals surface area contributed by atoms with Gasteiger partial charge in [0.25, 0.3) is 0 Å². The molecule has 26 heavy (non-hydrogen) atoms. The highest BCUT2D eigenvalue weighted by Gasteiger charge is 2.15. The second-order valence-corrected chi connectivity index (χ2v) is 7.26. The number of aromatic nitrogens is 2. The van der Waals surface area contributed by atoms with Crippen LogP contribution in [0.2, 0.25) is 0 Å². The minimum atomic E-state index is -0.0210. The van der Waals surface area contributed by atoms with Crippen LogP contribution in [0.25, 0.3) is 11.7 Å². The van der Waals surface area contributed by atoms with Crippen molar-refractivity contribution in [3.05, 3.63) is 47.1 Å². The van der Waals surface area contributed by atoms with Gasteiger partial charge in [-0.05, 0) is 56.1 Å². The minimum Gasteiger partial charge on any atom is -0.352 e. The lowest BCUT2D eigenvalue weighted by Gasteiger charge is -2.22. The number of pyridine rings is 1. The molecule has 0 aliphatic carbocycles. The Bertz CT molecular complexity index is 828. The summed E-state index contributed by atoms with van der Waals surface area (Å²) in [6.07, 6.45) is 9.72. The molecule has 0 spiro atoms. The Balaban J connectivity index is 0.00000121. The molecule has 4 heterocycles. The SMILES string of the molecule is Cl.Cl.O=C(C=CC1=Cc2cnc3cccc(n23)S1)NCC1CCNCC1. The number of halogens is 2. The predicted molar refractivity (Wildman–Crippen MR) is 111 cm³/mol. The van der Waals surface area contributed by atoms with E-state index in [0.29, 0.717) is 5.92 Å². The first-order valence-corrected chi connectivity index (χ1v) is 9.14. The summed E-state index contributed by atoms with van der Waals surface area (Å²) < 4.78 is 2.12. The molecule has 2 aromatic rings. The summed E-state index contributed by atoms with van der Waals surface area (Å²) in [6.45, 7) is 2.88. The van der Waals surface area contributed by atoms with Crippen molar-refractivity contribution in [3.8, 4) is 0 Å². The predicted octanol–water partition coefficient (Wildman–Crippen LogP) is 3.30. The molecule has 0 radical (unpaired) electrons. The second-order valence-electron chi connectivity index (χ2n) is 6.16.